The van der Waals surface area contributed by atoms with Crippen LogP contribution in [-0.4, -0.2) is 123 Å². The first kappa shape index (κ1) is 43.2. The van der Waals surface area contributed by atoms with Crippen molar-refractivity contribution < 1.29 is 40.8 Å². The molecular formula is C42H46F3N11O6S. The molecular weight excluding hydrogens is 844 g/mol. The third-order valence-corrected chi connectivity index (χ3v) is 13.0. The molecule has 1 aromatic heterocycles. The van der Waals surface area contributed by atoms with Crippen LogP contribution in [0, 0.1) is 5.92 Å². The van der Waals surface area contributed by atoms with Crippen LogP contribution in [-0.2, 0) is 27.5 Å². The smallest absolute Gasteiger partial charge is 0.371 e. The largest absolute Gasteiger partial charge is 0.421 e. The van der Waals surface area contributed by atoms with Crippen molar-refractivity contribution >= 4 is 68.3 Å². The molecule has 3 aromatic carbocycles. The SMILES string of the molecule is CN(c1cccc(CNc2nc(Nc3ccc(N4CCN(CC5CCN(c6ccc7c(c6)C(=O)N(N6CCC(=O)NC6=O)C7=O)CC5)CC4)cc3)ncc2C(F)(F)F)c1)S(C)(=O)=O. The second kappa shape index (κ2) is 17.4. The average molecular weight is 890 g/mol. The summed E-state index contributed by atoms with van der Waals surface area (Å²) >= 11 is 0. The fourth-order valence-electron chi connectivity index (χ4n) is 8.21. The number of hydrogen-bond acceptors (Lipinski definition) is 13. The number of rotatable bonds is 12. The van der Waals surface area contributed by atoms with Crippen molar-refractivity contribution in [3.8, 4) is 0 Å². The summed E-state index contributed by atoms with van der Waals surface area (Å²) < 4.78 is 66.8. The molecule has 8 rings (SSSR count). The molecule has 0 bridgehead atoms. The number of nitrogens with zero attached hydrogens (tertiary/aromatic N) is 8. The monoisotopic (exact) mass is 889 g/mol. The number of anilines is 6. The number of benzene rings is 3. The van der Waals surface area contributed by atoms with Gasteiger partial charge in [0.2, 0.25) is 21.9 Å². The molecule has 3 fully saturated rings. The molecule has 0 radical (unpaired) electrons. The quantitative estimate of drug-likeness (QED) is 0.166. The number of imide groups is 2. The Morgan fingerprint density at radius 3 is 2.21 bits per heavy atom. The van der Waals surface area contributed by atoms with Crippen LogP contribution in [0.2, 0.25) is 0 Å². The molecule has 0 unspecified atom stereocenters. The zero-order chi connectivity index (χ0) is 44.6. The van der Waals surface area contributed by atoms with Crippen molar-refractivity contribution in [1.82, 2.24) is 30.2 Å². The van der Waals surface area contributed by atoms with E-state index in [1.54, 1.807) is 36.4 Å². The van der Waals surface area contributed by atoms with Crippen molar-refractivity contribution in [2.24, 2.45) is 5.92 Å². The van der Waals surface area contributed by atoms with Gasteiger partial charge in [0.25, 0.3) is 11.8 Å². The highest BCUT2D eigenvalue weighted by atomic mass is 32.2. The van der Waals surface area contributed by atoms with Crippen LogP contribution in [0.4, 0.5) is 52.5 Å². The Morgan fingerprint density at radius 2 is 1.52 bits per heavy atom. The van der Waals surface area contributed by atoms with E-state index in [1.165, 1.54) is 7.05 Å². The first-order valence-corrected chi connectivity index (χ1v) is 22.3. The predicted octanol–water partition coefficient (Wildman–Crippen LogP) is 4.74. The Balaban J connectivity index is 0.811. The molecule has 5 amide bonds. The van der Waals surface area contributed by atoms with Gasteiger partial charge in [-0.2, -0.15) is 23.2 Å². The molecule has 0 aliphatic carbocycles. The number of hydrazine groups is 1. The van der Waals surface area contributed by atoms with E-state index >= 15 is 0 Å². The molecule has 0 spiro atoms. The summed E-state index contributed by atoms with van der Waals surface area (Å²) in [6.45, 7) is 5.87. The summed E-state index contributed by atoms with van der Waals surface area (Å²) in [6, 6.07) is 18.4. The zero-order valence-corrected chi connectivity index (χ0v) is 35.4. The van der Waals surface area contributed by atoms with Gasteiger partial charge in [-0.05, 0) is 78.9 Å². The standard InChI is InChI=1S/C42H46F3N11O6S/c1-51(63(2,61)62)31-5-3-4-28(22-31)24-46-37-35(42(43,44)45)25-47-40(50-37)48-29-6-8-30(9-7-29)54-20-18-52(19-21-54)26-27-12-15-53(16-13-27)32-10-11-33-34(23-32)39(59)56(38(33)58)55-17-14-36(57)49-41(55)60/h3-11,22-23,25,27H,12-21,24,26H2,1-2H3,(H,49,57,60)(H2,46,47,48,50). The molecule has 3 saturated heterocycles. The van der Waals surface area contributed by atoms with E-state index < -0.39 is 51.3 Å². The molecule has 21 heteroatoms. The van der Waals surface area contributed by atoms with Gasteiger partial charge < -0.3 is 20.4 Å². The lowest BCUT2D eigenvalue weighted by atomic mass is 9.95. The lowest BCUT2D eigenvalue weighted by molar-refractivity contribution is -0.137. The van der Waals surface area contributed by atoms with Crippen molar-refractivity contribution in [2.75, 3.05) is 90.4 Å². The summed E-state index contributed by atoms with van der Waals surface area (Å²) in [5.41, 5.74) is 2.81. The van der Waals surface area contributed by atoms with Gasteiger partial charge in [-0.3, -0.25) is 28.9 Å². The minimum absolute atomic E-state index is 0.00412. The van der Waals surface area contributed by atoms with Gasteiger partial charge in [0.05, 0.1) is 29.6 Å². The minimum atomic E-state index is -4.72. The third kappa shape index (κ3) is 9.48. The van der Waals surface area contributed by atoms with E-state index in [4.69, 9.17) is 0 Å². The summed E-state index contributed by atoms with van der Waals surface area (Å²) in [4.78, 5) is 65.4. The maximum atomic E-state index is 13.9. The van der Waals surface area contributed by atoms with Crippen molar-refractivity contribution in [2.45, 2.75) is 32.0 Å². The van der Waals surface area contributed by atoms with E-state index in [-0.39, 0.29) is 36.6 Å². The lowest BCUT2D eigenvalue weighted by Crippen LogP contribution is -2.58. The molecule has 17 nitrogen and oxygen atoms in total. The second-order valence-corrected chi connectivity index (χ2v) is 18.0. The number of alkyl halides is 3. The topological polar surface area (TPSA) is 184 Å². The molecule has 0 saturated carbocycles. The average Bonchev–Trinajstić information content (AvgIpc) is 3.50. The molecule has 4 aliphatic rings. The van der Waals surface area contributed by atoms with Gasteiger partial charge in [0.15, 0.2) is 0 Å². The van der Waals surface area contributed by atoms with E-state index in [0.717, 1.165) is 96.8 Å². The van der Waals surface area contributed by atoms with Gasteiger partial charge >= 0.3 is 12.2 Å². The number of amides is 5. The molecule has 4 aromatic rings. The number of fused-ring (bicyclic) bond motifs is 1. The number of nitrogens with one attached hydrogen (secondary N) is 3. The predicted molar refractivity (Wildman–Crippen MR) is 229 cm³/mol. The van der Waals surface area contributed by atoms with Crippen molar-refractivity contribution in [1.29, 1.82) is 0 Å². The number of aromatic nitrogens is 2. The molecule has 5 heterocycles. The minimum Gasteiger partial charge on any atom is -0.371 e. The summed E-state index contributed by atoms with van der Waals surface area (Å²) in [7, 11) is -2.13. The van der Waals surface area contributed by atoms with Crippen LogP contribution in [0.1, 0.15) is 51.1 Å². The highest BCUT2D eigenvalue weighted by Gasteiger charge is 2.43. The number of hydrogen-bond donors (Lipinski definition) is 3. The Kier molecular flexibility index (Phi) is 11.9. The first-order valence-electron chi connectivity index (χ1n) is 20.5. The Bertz CT molecular complexity index is 2530. The summed E-state index contributed by atoms with van der Waals surface area (Å²) in [6.07, 6.45) is -1.00. The molecule has 3 N–H and O–H groups in total. The fourth-order valence-corrected chi connectivity index (χ4v) is 8.71. The lowest BCUT2D eigenvalue weighted by Gasteiger charge is -2.40. The van der Waals surface area contributed by atoms with Crippen molar-refractivity contribution in [3.05, 3.63) is 95.2 Å². The van der Waals surface area contributed by atoms with Crippen molar-refractivity contribution in [3.63, 3.8) is 0 Å². The Hall–Kier alpha value is -6.48. The maximum Gasteiger partial charge on any atom is 0.421 e. The van der Waals surface area contributed by atoms with E-state index in [1.807, 2.05) is 30.3 Å². The second-order valence-electron chi connectivity index (χ2n) is 16.0. The zero-order valence-electron chi connectivity index (χ0n) is 34.6. The molecule has 63 heavy (non-hydrogen) atoms. The number of carbonyl (C=O) groups excluding carboxylic acids is 4. The summed E-state index contributed by atoms with van der Waals surface area (Å²) in [5.74, 6) is -1.58. The normalized spacial score (nSPS) is 17.9. The number of halogens is 3. The molecule has 0 atom stereocenters. The fraction of sp³-hybridized carbons (Fsp3) is 0.381. The number of piperidine rings is 1. The molecule has 332 valence electrons. The van der Waals surface area contributed by atoms with Crippen LogP contribution in [0.25, 0.3) is 0 Å². The highest BCUT2D eigenvalue weighted by Crippen LogP contribution is 2.35. The van der Waals surface area contributed by atoms with Gasteiger partial charge in [-0.25, -0.2) is 23.2 Å². The van der Waals surface area contributed by atoms with Crippen LogP contribution in [0.3, 0.4) is 0 Å². The van der Waals surface area contributed by atoms with Gasteiger partial charge in [-0.15, -0.1) is 0 Å². The Morgan fingerprint density at radius 1 is 0.841 bits per heavy atom. The third-order valence-electron chi connectivity index (χ3n) is 11.8. The van der Waals surface area contributed by atoms with Crippen LogP contribution < -0.4 is 30.1 Å². The number of carbonyl (C=O) groups is 4. The van der Waals surface area contributed by atoms with Crippen LogP contribution >= 0.6 is 0 Å². The number of piperazine rings is 1. The van der Waals surface area contributed by atoms with E-state index in [2.05, 4.69) is 40.6 Å². The van der Waals surface area contributed by atoms with Crippen LogP contribution in [0.15, 0.2) is 72.9 Å². The van der Waals surface area contributed by atoms with Gasteiger partial charge in [0, 0.05) is 89.1 Å². The first-order chi connectivity index (χ1) is 30.0. The summed E-state index contributed by atoms with van der Waals surface area (Å²) in [5, 5.41) is 9.71. The van der Waals surface area contributed by atoms with E-state index in [0.29, 0.717) is 22.9 Å². The van der Waals surface area contributed by atoms with E-state index in [9.17, 15) is 40.8 Å². The number of sulfonamides is 1. The van der Waals surface area contributed by atoms with Gasteiger partial charge in [0.1, 0.15) is 11.4 Å². The number of urea groups is 1. The van der Waals surface area contributed by atoms with Crippen LogP contribution in [0.5, 0.6) is 0 Å². The highest BCUT2D eigenvalue weighted by molar-refractivity contribution is 7.92. The maximum absolute atomic E-state index is 13.9. The van der Waals surface area contributed by atoms with Gasteiger partial charge in [-0.1, -0.05) is 12.1 Å². The molecule has 4 aliphatic heterocycles. The Labute approximate surface area is 361 Å².